The Morgan fingerprint density at radius 3 is 2.62 bits per heavy atom. The second-order valence-electron chi connectivity index (χ2n) is 6.65. The first-order valence-corrected chi connectivity index (χ1v) is 10.4. The van der Waals surface area contributed by atoms with Crippen molar-refractivity contribution in [2.45, 2.75) is 16.2 Å². The maximum Gasteiger partial charge on any atom is 0.417 e. The lowest BCUT2D eigenvalue weighted by molar-refractivity contribution is -0.137. The highest BCUT2D eigenvalue weighted by Crippen LogP contribution is 2.38. The fourth-order valence-electron chi connectivity index (χ4n) is 2.94. The first kappa shape index (κ1) is 22.0. The van der Waals surface area contributed by atoms with Crippen LogP contribution in [0.25, 0.3) is 11.0 Å². The van der Waals surface area contributed by atoms with Gasteiger partial charge in [-0.05, 0) is 48.5 Å². The number of pyridine rings is 1. The second-order valence-corrected chi connectivity index (χ2v) is 8.12. The van der Waals surface area contributed by atoms with Gasteiger partial charge in [-0.2, -0.15) is 13.2 Å². The van der Waals surface area contributed by atoms with E-state index >= 15 is 0 Å². The summed E-state index contributed by atoms with van der Waals surface area (Å²) in [5.74, 6) is -0.296. The van der Waals surface area contributed by atoms with Gasteiger partial charge in [0.25, 0.3) is 5.91 Å². The Bertz CT molecular complexity index is 1310. The number of hydrogen-bond acceptors (Lipinski definition) is 5. The standard InChI is InChI=1S/C21H15ClF3N5OS/c1-26-19(31)18-9-12(6-7-27-18)28-11-2-5-16-17(8-11)30-20(29-16)32-13-3-4-15(22)14(10-13)21(23,24)25/h2-10H,1H3,(H,26,31)(H,27,28)(H,29,30). The summed E-state index contributed by atoms with van der Waals surface area (Å²) in [4.78, 5) is 23.7. The van der Waals surface area contributed by atoms with Gasteiger partial charge in [-0.15, -0.1) is 0 Å². The Hall–Kier alpha value is -3.24. The summed E-state index contributed by atoms with van der Waals surface area (Å²) < 4.78 is 39.3. The number of alkyl halides is 3. The van der Waals surface area contributed by atoms with Crippen molar-refractivity contribution in [1.29, 1.82) is 0 Å². The number of carbonyl (C=O) groups excluding carboxylic acids is 1. The smallest absolute Gasteiger partial charge is 0.355 e. The van der Waals surface area contributed by atoms with E-state index in [9.17, 15) is 18.0 Å². The van der Waals surface area contributed by atoms with Gasteiger partial charge in [0.1, 0.15) is 5.69 Å². The van der Waals surface area contributed by atoms with E-state index in [1.807, 2.05) is 12.1 Å². The summed E-state index contributed by atoms with van der Waals surface area (Å²) in [5, 5.41) is 5.80. The van der Waals surface area contributed by atoms with Gasteiger partial charge in [0, 0.05) is 29.5 Å². The van der Waals surface area contributed by atoms with Crippen molar-refractivity contribution in [3.63, 3.8) is 0 Å². The van der Waals surface area contributed by atoms with E-state index in [4.69, 9.17) is 11.6 Å². The van der Waals surface area contributed by atoms with E-state index in [0.717, 1.165) is 23.5 Å². The SMILES string of the molecule is CNC(=O)c1cc(Nc2ccc3nc(Sc4ccc(Cl)c(C(F)(F)F)c4)[nH]c3c2)ccn1. The Morgan fingerprint density at radius 2 is 1.88 bits per heavy atom. The van der Waals surface area contributed by atoms with Gasteiger partial charge in [0.05, 0.1) is 21.6 Å². The summed E-state index contributed by atoms with van der Waals surface area (Å²) in [6, 6.07) is 12.5. The molecule has 0 bridgehead atoms. The molecule has 0 saturated heterocycles. The van der Waals surface area contributed by atoms with Crippen LogP contribution in [0.2, 0.25) is 5.02 Å². The van der Waals surface area contributed by atoms with Gasteiger partial charge < -0.3 is 15.6 Å². The minimum absolute atomic E-state index is 0.278. The third-order valence-electron chi connectivity index (χ3n) is 4.43. The van der Waals surface area contributed by atoms with Crippen LogP contribution in [0.5, 0.6) is 0 Å². The molecule has 2 aromatic carbocycles. The molecule has 6 nitrogen and oxygen atoms in total. The predicted molar refractivity (Wildman–Crippen MR) is 118 cm³/mol. The zero-order valence-electron chi connectivity index (χ0n) is 16.4. The molecule has 0 aliphatic rings. The van der Waals surface area contributed by atoms with Crippen molar-refractivity contribution >= 4 is 51.7 Å². The number of halogens is 4. The molecule has 11 heteroatoms. The molecule has 4 rings (SSSR count). The molecule has 4 aromatic rings. The number of fused-ring (bicyclic) bond motifs is 1. The number of nitrogens with one attached hydrogen (secondary N) is 3. The molecule has 2 aromatic heterocycles. The van der Waals surface area contributed by atoms with Crippen LogP contribution in [-0.4, -0.2) is 27.9 Å². The number of imidazole rings is 1. The molecule has 0 unspecified atom stereocenters. The van der Waals surface area contributed by atoms with E-state index in [1.165, 1.54) is 25.4 Å². The van der Waals surface area contributed by atoms with Crippen LogP contribution in [0.1, 0.15) is 16.1 Å². The maximum absolute atomic E-state index is 13.1. The fraction of sp³-hybridized carbons (Fsp3) is 0.0952. The summed E-state index contributed by atoms with van der Waals surface area (Å²) in [5.41, 5.74) is 2.15. The number of anilines is 2. The predicted octanol–water partition coefficient (Wildman–Crippen LogP) is 5.88. The number of benzene rings is 2. The molecular weight excluding hydrogens is 463 g/mol. The lowest BCUT2D eigenvalue weighted by Crippen LogP contribution is -2.19. The second kappa shape index (κ2) is 8.71. The van der Waals surface area contributed by atoms with Gasteiger partial charge in [-0.1, -0.05) is 23.4 Å². The van der Waals surface area contributed by atoms with Crippen molar-refractivity contribution < 1.29 is 18.0 Å². The molecule has 2 heterocycles. The van der Waals surface area contributed by atoms with Crippen molar-refractivity contribution in [1.82, 2.24) is 20.3 Å². The zero-order valence-corrected chi connectivity index (χ0v) is 18.0. The number of H-pyrrole nitrogens is 1. The van der Waals surface area contributed by atoms with E-state index in [-0.39, 0.29) is 16.6 Å². The minimum Gasteiger partial charge on any atom is -0.355 e. The molecule has 0 saturated carbocycles. The molecule has 3 N–H and O–H groups in total. The number of nitrogens with zero attached hydrogens (tertiary/aromatic N) is 2. The summed E-state index contributed by atoms with van der Waals surface area (Å²) in [6.07, 6.45) is -3.01. The van der Waals surface area contributed by atoms with Crippen LogP contribution in [0.15, 0.2) is 64.8 Å². The molecule has 164 valence electrons. The van der Waals surface area contributed by atoms with Gasteiger partial charge in [0.15, 0.2) is 5.16 Å². The lowest BCUT2D eigenvalue weighted by atomic mass is 10.2. The highest BCUT2D eigenvalue weighted by Gasteiger charge is 2.33. The molecule has 1 amide bonds. The topological polar surface area (TPSA) is 82.7 Å². The Balaban J connectivity index is 1.56. The number of carbonyl (C=O) groups is 1. The van der Waals surface area contributed by atoms with Crippen LogP contribution in [0.3, 0.4) is 0 Å². The third kappa shape index (κ3) is 4.81. The lowest BCUT2D eigenvalue weighted by Gasteiger charge is -2.10. The van der Waals surface area contributed by atoms with Gasteiger partial charge >= 0.3 is 6.18 Å². The number of hydrogen-bond donors (Lipinski definition) is 3. The fourth-order valence-corrected chi connectivity index (χ4v) is 4.00. The highest BCUT2D eigenvalue weighted by molar-refractivity contribution is 7.99. The van der Waals surface area contributed by atoms with E-state index in [0.29, 0.717) is 26.8 Å². The van der Waals surface area contributed by atoms with Crippen LogP contribution < -0.4 is 10.6 Å². The number of aromatic nitrogens is 3. The molecule has 0 fully saturated rings. The van der Waals surface area contributed by atoms with Crippen molar-refractivity contribution in [2.75, 3.05) is 12.4 Å². The van der Waals surface area contributed by atoms with Crippen LogP contribution in [0.4, 0.5) is 24.5 Å². The Kier molecular flexibility index (Phi) is 5.98. The average molecular weight is 478 g/mol. The number of aromatic amines is 1. The largest absolute Gasteiger partial charge is 0.417 e. The van der Waals surface area contributed by atoms with Gasteiger partial charge in [-0.25, -0.2) is 4.98 Å². The van der Waals surface area contributed by atoms with E-state index in [2.05, 4.69) is 25.6 Å². The average Bonchev–Trinajstić information content (AvgIpc) is 3.15. The van der Waals surface area contributed by atoms with Crippen molar-refractivity contribution in [3.8, 4) is 0 Å². The molecule has 0 atom stereocenters. The van der Waals surface area contributed by atoms with Gasteiger partial charge in [0.2, 0.25) is 0 Å². The molecule has 32 heavy (non-hydrogen) atoms. The highest BCUT2D eigenvalue weighted by atomic mass is 35.5. The van der Waals surface area contributed by atoms with Crippen molar-refractivity contribution in [2.24, 2.45) is 0 Å². The minimum atomic E-state index is -4.53. The normalized spacial score (nSPS) is 11.5. The van der Waals surface area contributed by atoms with Crippen molar-refractivity contribution in [3.05, 3.63) is 71.0 Å². The first-order chi connectivity index (χ1) is 15.2. The molecule has 0 aliphatic heterocycles. The van der Waals surface area contributed by atoms with E-state index < -0.39 is 11.7 Å². The summed E-state index contributed by atoms with van der Waals surface area (Å²) in [7, 11) is 1.53. The monoisotopic (exact) mass is 477 g/mol. The third-order valence-corrected chi connectivity index (χ3v) is 5.63. The van der Waals surface area contributed by atoms with Gasteiger partial charge in [-0.3, -0.25) is 9.78 Å². The Morgan fingerprint density at radius 1 is 1.09 bits per heavy atom. The molecule has 0 radical (unpaired) electrons. The molecule has 0 spiro atoms. The summed E-state index contributed by atoms with van der Waals surface area (Å²) in [6.45, 7) is 0. The quantitative estimate of drug-likeness (QED) is 0.334. The van der Waals surface area contributed by atoms with Crippen LogP contribution in [-0.2, 0) is 6.18 Å². The first-order valence-electron chi connectivity index (χ1n) is 9.22. The van der Waals surface area contributed by atoms with E-state index in [1.54, 1.807) is 18.2 Å². The molecule has 0 aliphatic carbocycles. The van der Waals surface area contributed by atoms with Crippen LogP contribution in [0, 0.1) is 0 Å². The zero-order chi connectivity index (χ0) is 22.9. The Labute approximate surface area is 189 Å². The number of rotatable bonds is 5. The number of amides is 1. The maximum atomic E-state index is 13.1. The molecular formula is C21H15ClF3N5OS. The van der Waals surface area contributed by atoms with Crippen LogP contribution >= 0.6 is 23.4 Å². The summed E-state index contributed by atoms with van der Waals surface area (Å²) >= 11 is 6.75.